The fourth-order valence-corrected chi connectivity index (χ4v) is 3.14. The maximum Gasteiger partial charge on any atom is 0.199 e. The first-order valence-corrected chi connectivity index (χ1v) is 8.06. The van der Waals surface area contributed by atoms with Gasteiger partial charge in [-0.3, -0.25) is 4.79 Å². The Morgan fingerprint density at radius 2 is 2.23 bits per heavy atom. The highest BCUT2D eigenvalue weighted by atomic mass is 16.6. The quantitative estimate of drug-likeness (QED) is 0.421. The van der Waals surface area contributed by atoms with Crippen LogP contribution in [-0.2, 0) is 4.74 Å². The molecule has 138 valence electrons. The lowest BCUT2D eigenvalue weighted by atomic mass is 9.95. The Labute approximate surface area is 149 Å². The minimum Gasteiger partial charge on any atom is -0.394 e. The first-order chi connectivity index (χ1) is 12.3. The molecule has 1 fully saturated rings. The maximum absolute atomic E-state index is 12.6. The number of anilines is 1. The van der Waals surface area contributed by atoms with Crippen molar-refractivity contribution in [3.8, 4) is 12.3 Å². The number of nitrogen functional groups attached to an aromatic ring is 1. The van der Waals surface area contributed by atoms with Gasteiger partial charge in [-0.25, -0.2) is 9.97 Å². The summed E-state index contributed by atoms with van der Waals surface area (Å²) in [5.74, 6) is 1.71. The molecule has 1 aliphatic rings. The van der Waals surface area contributed by atoms with Gasteiger partial charge < -0.3 is 30.4 Å². The summed E-state index contributed by atoms with van der Waals surface area (Å²) < 4.78 is 6.92. The summed E-state index contributed by atoms with van der Waals surface area (Å²) in [6.45, 7) is 2.93. The number of aliphatic hydroxyl groups excluding tert-OH is 2. The van der Waals surface area contributed by atoms with Crippen LogP contribution < -0.4 is 5.73 Å². The largest absolute Gasteiger partial charge is 0.394 e. The average molecular weight is 360 g/mol. The van der Waals surface area contributed by atoms with Gasteiger partial charge in [0.25, 0.3) is 0 Å². The number of aliphatic hydroxyl groups is 3. The summed E-state index contributed by atoms with van der Waals surface area (Å²) in [5.41, 5.74) is 4.30. The third-order valence-electron chi connectivity index (χ3n) is 4.58. The van der Waals surface area contributed by atoms with Crippen LogP contribution in [0.3, 0.4) is 0 Å². The number of Topliss-reactive ketones (excluding diaryl/α,β-unsaturated/α-hetero) is 1. The van der Waals surface area contributed by atoms with Crippen molar-refractivity contribution in [3.05, 3.63) is 18.1 Å². The van der Waals surface area contributed by atoms with Crippen molar-refractivity contribution in [3.63, 3.8) is 0 Å². The van der Waals surface area contributed by atoms with Gasteiger partial charge in [0.15, 0.2) is 17.6 Å². The predicted octanol–water partition coefficient (Wildman–Crippen LogP) is -0.533. The molecular formula is C17H20N4O5. The van der Waals surface area contributed by atoms with E-state index in [0.717, 1.165) is 0 Å². The fraction of sp³-hybridized carbons (Fsp3) is 0.471. The summed E-state index contributed by atoms with van der Waals surface area (Å²) in [6.07, 6.45) is 4.18. The summed E-state index contributed by atoms with van der Waals surface area (Å²) >= 11 is 0. The zero-order valence-corrected chi connectivity index (χ0v) is 14.3. The van der Waals surface area contributed by atoms with Gasteiger partial charge in [0.05, 0.1) is 12.0 Å². The van der Waals surface area contributed by atoms with Gasteiger partial charge in [-0.15, -0.1) is 6.42 Å². The Morgan fingerprint density at radius 3 is 2.81 bits per heavy atom. The standard InChI is InChI=1S/C17H20N4O5/c1-4-17(25)13(24)10(6-22)26-16(17)21-5-9(12(23)8(2)3)11-14(18)19-7-20-15(11)21/h1,5,7-8,10,13,16,22,24-25H,6H2,2-3H3,(H2,18,19,20). The molecule has 0 spiro atoms. The molecule has 0 saturated carbocycles. The molecule has 0 amide bonds. The number of rotatable bonds is 4. The van der Waals surface area contributed by atoms with Gasteiger partial charge in [-0.1, -0.05) is 19.8 Å². The molecule has 0 aromatic carbocycles. The normalized spacial score (nSPS) is 28.6. The number of hydrogen-bond donors (Lipinski definition) is 4. The molecule has 0 aliphatic carbocycles. The molecule has 0 radical (unpaired) electrons. The molecule has 3 heterocycles. The van der Waals surface area contributed by atoms with Crippen LogP contribution in [0.5, 0.6) is 0 Å². The van der Waals surface area contributed by atoms with Crippen molar-refractivity contribution in [2.45, 2.75) is 37.9 Å². The molecule has 5 N–H and O–H groups in total. The van der Waals surface area contributed by atoms with Crippen LogP contribution in [0, 0.1) is 18.3 Å². The van der Waals surface area contributed by atoms with Crippen molar-refractivity contribution >= 4 is 22.6 Å². The molecule has 1 saturated heterocycles. The molecule has 2 aromatic rings. The number of hydrogen-bond acceptors (Lipinski definition) is 8. The topological polar surface area (TPSA) is 144 Å². The minimum atomic E-state index is -2.13. The van der Waals surface area contributed by atoms with Crippen molar-refractivity contribution in [1.82, 2.24) is 14.5 Å². The Hall–Kier alpha value is -2.51. The number of fused-ring (bicyclic) bond motifs is 1. The van der Waals surface area contributed by atoms with Crippen LogP contribution in [0.1, 0.15) is 30.4 Å². The van der Waals surface area contributed by atoms with Crippen molar-refractivity contribution in [2.24, 2.45) is 5.92 Å². The molecule has 1 aliphatic heterocycles. The second-order valence-corrected chi connectivity index (χ2v) is 6.55. The molecule has 0 bridgehead atoms. The summed E-state index contributed by atoms with van der Waals surface area (Å²) in [4.78, 5) is 20.7. The van der Waals surface area contributed by atoms with Gasteiger partial charge in [0, 0.05) is 17.7 Å². The van der Waals surface area contributed by atoms with Crippen molar-refractivity contribution in [2.75, 3.05) is 12.3 Å². The lowest BCUT2D eigenvalue weighted by Gasteiger charge is -2.26. The summed E-state index contributed by atoms with van der Waals surface area (Å²) in [6, 6.07) is 0. The molecule has 26 heavy (non-hydrogen) atoms. The van der Waals surface area contributed by atoms with Crippen LogP contribution >= 0.6 is 0 Å². The van der Waals surface area contributed by atoms with Gasteiger partial charge in [0.1, 0.15) is 30.0 Å². The highest BCUT2D eigenvalue weighted by molar-refractivity contribution is 6.11. The zero-order chi connectivity index (χ0) is 19.2. The Balaban J connectivity index is 2.25. The maximum atomic E-state index is 12.6. The van der Waals surface area contributed by atoms with E-state index in [9.17, 15) is 20.1 Å². The Bertz CT molecular complexity index is 902. The van der Waals surface area contributed by atoms with Crippen LogP contribution in [0.25, 0.3) is 11.0 Å². The smallest absolute Gasteiger partial charge is 0.199 e. The SMILES string of the molecule is C#CC1(O)C(O)C(CO)OC1n1cc(C(=O)C(C)C)c2c(N)ncnc21. The van der Waals surface area contributed by atoms with Gasteiger partial charge in [0.2, 0.25) is 0 Å². The summed E-state index contributed by atoms with van der Waals surface area (Å²) in [5, 5.41) is 30.7. The lowest BCUT2D eigenvalue weighted by Crippen LogP contribution is -2.45. The summed E-state index contributed by atoms with van der Waals surface area (Å²) in [7, 11) is 0. The van der Waals surface area contributed by atoms with Crippen LogP contribution in [0.4, 0.5) is 5.82 Å². The molecular weight excluding hydrogens is 340 g/mol. The fourth-order valence-electron chi connectivity index (χ4n) is 3.14. The molecule has 3 rings (SSSR count). The first-order valence-electron chi connectivity index (χ1n) is 8.06. The Kier molecular flexibility index (Phi) is 4.46. The van der Waals surface area contributed by atoms with Crippen molar-refractivity contribution in [1.29, 1.82) is 0 Å². The molecule has 9 nitrogen and oxygen atoms in total. The number of ketones is 1. The lowest BCUT2D eigenvalue weighted by molar-refractivity contribution is -0.0718. The number of ether oxygens (including phenoxy) is 1. The second kappa shape index (κ2) is 6.34. The van der Waals surface area contributed by atoms with E-state index in [1.54, 1.807) is 13.8 Å². The van der Waals surface area contributed by atoms with Gasteiger partial charge >= 0.3 is 0 Å². The van der Waals surface area contributed by atoms with E-state index >= 15 is 0 Å². The number of terminal acetylenes is 1. The average Bonchev–Trinajstić information content (AvgIpc) is 3.12. The van der Waals surface area contributed by atoms with E-state index < -0.39 is 30.6 Å². The zero-order valence-electron chi connectivity index (χ0n) is 14.3. The number of nitrogens with two attached hydrogens (primary N) is 1. The highest BCUT2D eigenvalue weighted by Crippen LogP contribution is 2.41. The van der Waals surface area contributed by atoms with Crippen molar-refractivity contribution < 1.29 is 24.9 Å². The highest BCUT2D eigenvalue weighted by Gasteiger charge is 2.55. The van der Waals surface area contributed by atoms with E-state index in [1.807, 2.05) is 0 Å². The number of carbonyl (C=O) groups is 1. The minimum absolute atomic E-state index is 0.0965. The molecule has 2 aromatic heterocycles. The van der Waals surface area contributed by atoms with E-state index in [-0.39, 0.29) is 28.7 Å². The number of carbonyl (C=O) groups excluding carboxylic acids is 1. The monoisotopic (exact) mass is 360 g/mol. The van der Waals surface area contributed by atoms with Gasteiger partial charge in [-0.2, -0.15) is 0 Å². The van der Waals surface area contributed by atoms with E-state index in [2.05, 4.69) is 15.9 Å². The van der Waals surface area contributed by atoms with Crippen LogP contribution in [0.2, 0.25) is 0 Å². The first kappa shape index (κ1) is 18.3. The third kappa shape index (κ3) is 2.47. The van der Waals surface area contributed by atoms with E-state index in [4.69, 9.17) is 16.9 Å². The number of nitrogens with zero attached hydrogens (tertiary/aromatic N) is 3. The van der Waals surface area contributed by atoms with Crippen LogP contribution in [0.15, 0.2) is 12.5 Å². The molecule has 4 unspecified atom stereocenters. The predicted molar refractivity (Wildman–Crippen MR) is 91.9 cm³/mol. The molecule has 9 heteroatoms. The molecule has 4 atom stereocenters. The number of aromatic nitrogens is 3. The van der Waals surface area contributed by atoms with E-state index in [0.29, 0.717) is 5.39 Å². The van der Waals surface area contributed by atoms with Crippen LogP contribution in [-0.4, -0.2) is 60.1 Å². The third-order valence-corrected chi connectivity index (χ3v) is 4.58. The second-order valence-electron chi connectivity index (χ2n) is 6.55. The van der Waals surface area contributed by atoms with E-state index in [1.165, 1.54) is 17.1 Å². The Morgan fingerprint density at radius 1 is 1.54 bits per heavy atom. The van der Waals surface area contributed by atoms with Gasteiger partial charge in [-0.05, 0) is 0 Å².